The van der Waals surface area contributed by atoms with E-state index in [2.05, 4.69) is 10.6 Å². The highest BCUT2D eigenvalue weighted by molar-refractivity contribution is 5.93. The minimum absolute atomic E-state index is 0.299. The van der Waals surface area contributed by atoms with Crippen LogP contribution in [0.3, 0.4) is 0 Å². The molecule has 29 heavy (non-hydrogen) atoms. The van der Waals surface area contributed by atoms with Gasteiger partial charge in [-0.2, -0.15) is 0 Å². The zero-order valence-corrected chi connectivity index (χ0v) is 16.3. The minimum Gasteiger partial charge on any atom is -0.497 e. The van der Waals surface area contributed by atoms with Gasteiger partial charge in [0.2, 0.25) is 0 Å². The molecule has 0 aliphatic rings. The van der Waals surface area contributed by atoms with Gasteiger partial charge in [0.1, 0.15) is 22.9 Å². The van der Waals surface area contributed by atoms with Crippen molar-refractivity contribution >= 4 is 17.5 Å². The first-order chi connectivity index (χ1) is 14.1. The third-order valence-corrected chi connectivity index (χ3v) is 4.67. The van der Waals surface area contributed by atoms with Crippen LogP contribution < -0.4 is 15.4 Å². The summed E-state index contributed by atoms with van der Waals surface area (Å²) in [6.07, 6.45) is 1.89. The largest absolute Gasteiger partial charge is 0.497 e. The molecule has 2 heterocycles. The molecular weight excluding hydrogens is 364 g/mol. The molecule has 4 rings (SSSR count). The van der Waals surface area contributed by atoms with Gasteiger partial charge in [0.05, 0.1) is 7.11 Å². The lowest BCUT2D eigenvalue weighted by atomic mass is 10.1. The lowest BCUT2D eigenvalue weighted by Crippen LogP contribution is -2.28. The molecule has 2 N–H and O–H groups in total. The molecule has 146 valence electrons. The van der Waals surface area contributed by atoms with E-state index in [1.165, 1.54) is 5.56 Å². The molecule has 0 fully saturated rings. The smallest absolute Gasteiger partial charge is 0.320 e. The lowest BCUT2D eigenvalue weighted by Gasteiger charge is -2.10. The molecule has 0 unspecified atom stereocenters. The Labute approximate surface area is 169 Å². The van der Waals surface area contributed by atoms with Crippen LogP contribution in [0.5, 0.6) is 5.75 Å². The number of aromatic nitrogens is 2. The number of rotatable bonds is 5. The Morgan fingerprint density at radius 1 is 1.07 bits per heavy atom. The third-order valence-electron chi connectivity index (χ3n) is 4.67. The van der Waals surface area contributed by atoms with Crippen molar-refractivity contribution < 1.29 is 9.53 Å². The average molecular weight is 386 g/mol. The van der Waals surface area contributed by atoms with E-state index in [1.807, 2.05) is 84.3 Å². The van der Waals surface area contributed by atoms with Crippen LogP contribution in [0.4, 0.5) is 10.6 Å². The summed E-state index contributed by atoms with van der Waals surface area (Å²) in [5.41, 5.74) is 4.57. The Kier molecular flexibility index (Phi) is 5.16. The number of urea groups is 1. The predicted molar refractivity (Wildman–Crippen MR) is 114 cm³/mol. The van der Waals surface area contributed by atoms with E-state index in [1.54, 1.807) is 7.11 Å². The van der Waals surface area contributed by atoms with Crippen molar-refractivity contribution in [1.29, 1.82) is 0 Å². The van der Waals surface area contributed by atoms with Gasteiger partial charge in [-0.3, -0.25) is 9.72 Å². The number of pyridine rings is 1. The summed E-state index contributed by atoms with van der Waals surface area (Å²) in [5.74, 6) is 1.39. The normalized spacial score (nSPS) is 10.7. The first kappa shape index (κ1) is 18.6. The molecule has 6 heteroatoms. The van der Waals surface area contributed by atoms with E-state index in [0.29, 0.717) is 12.4 Å². The Morgan fingerprint density at radius 2 is 1.90 bits per heavy atom. The van der Waals surface area contributed by atoms with Crippen molar-refractivity contribution in [3.8, 4) is 17.0 Å². The summed E-state index contributed by atoms with van der Waals surface area (Å²) in [6.45, 7) is 2.43. The van der Waals surface area contributed by atoms with Gasteiger partial charge >= 0.3 is 6.03 Å². The molecule has 0 spiro atoms. The van der Waals surface area contributed by atoms with Crippen molar-refractivity contribution in [3.63, 3.8) is 0 Å². The number of carbonyl (C=O) groups excluding carboxylic acids is 1. The van der Waals surface area contributed by atoms with E-state index < -0.39 is 0 Å². The van der Waals surface area contributed by atoms with Gasteiger partial charge in [-0.05, 0) is 36.8 Å². The van der Waals surface area contributed by atoms with Gasteiger partial charge in [-0.15, -0.1) is 0 Å². The number of imidazole rings is 1. The van der Waals surface area contributed by atoms with Gasteiger partial charge in [0.15, 0.2) is 0 Å². The number of carbonyl (C=O) groups is 1. The van der Waals surface area contributed by atoms with Crippen molar-refractivity contribution in [1.82, 2.24) is 14.7 Å². The summed E-state index contributed by atoms with van der Waals surface area (Å²) in [5, 5.41) is 5.86. The first-order valence-corrected chi connectivity index (χ1v) is 9.36. The number of benzene rings is 2. The van der Waals surface area contributed by atoms with Crippen molar-refractivity contribution in [2.75, 3.05) is 12.4 Å². The van der Waals surface area contributed by atoms with Gasteiger partial charge in [0.25, 0.3) is 0 Å². The van der Waals surface area contributed by atoms with Gasteiger partial charge in [-0.1, -0.05) is 48.0 Å². The Morgan fingerprint density at radius 3 is 2.69 bits per heavy atom. The monoisotopic (exact) mass is 386 g/mol. The van der Waals surface area contributed by atoms with Crippen LogP contribution in [0.15, 0.2) is 72.9 Å². The number of anilines is 1. The van der Waals surface area contributed by atoms with E-state index in [9.17, 15) is 4.79 Å². The number of aryl methyl sites for hydroxylation is 1. The second kappa shape index (κ2) is 8.06. The van der Waals surface area contributed by atoms with Crippen LogP contribution >= 0.6 is 0 Å². The molecule has 0 atom stereocenters. The molecule has 0 bridgehead atoms. The van der Waals surface area contributed by atoms with Gasteiger partial charge in [-0.25, -0.2) is 9.78 Å². The molecule has 0 radical (unpaired) electrons. The highest BCUT2D eigenvalue weighted by Gasteiger charge is 2.16. The summed E-state index contributed by atoms with van der Waals surface area (Å²) < 4.78 is 7.10. The SMILES string of the molecule is COc1cccc(CNC(=O)Nc2c(-c3ccc(C)cc3)nc3ccccn23)c1. The lowest BCUT2D eigenvalue weighted by molar-refractivity contribution is 0.251. The predicted octanol–water partition coefficient (Wildman–Crippen LogP) is 4.64. The van der Waals surface area contributed by atoms with E-state index in [0.717, 1.165) is 28.2 Å². The number of amides is 2. The number of ether oxygens (including phenoxy) is 1. The van der Waals surface area contributed by atoms with Crippen LogP contribution in [0.25, 0.3) is 16.9 Å². The molecule has 2 aromatic heterocycles. The topological polar surface area (TPSA) is 67.7 Å². The number of methoxy groups -OCH3 is 1. The molecule has 2 aromatic carbocycles. The average Bonchev–Trinajstić information content (AvgIpc) is 3.11. The molecule has 0 saturated heterocycles. The Balaban J connectivity index is 1.58. The summed E-state index contributed by atoms with van der Waals surface area (Å²) in [6, 6.07) is 21.1. The molecular formula is C23H22N4O2. The quantitative estimate of drug-likeness (QED) is 0.525. The maximum Gasteiger partial charge on any atom is 0.320 e. The van der Waals surface area contributed by atoms with E-state index >= 15 is 0 Å². The molecule has 0 aliphatic carbocycles. The highest BCUT2D eigenvalue weighted by Crippen LogP contribution is 2.29. The van der Waals surface area contributed by atoms with E-state index in [4.69, 9.17) is 9.72 Å². The maximum atomic E-state index is 12.6. The number of nitrogens with zero attached hydrogens (tertiary/aromatic N) is 2. The third kappa shape index (κ3) is 4.06. The van der Waals surface area contributed by atoms with Crippen molar-refractivity contribution in [3.05, 3.63) is 84.1 Å². The second-order valence-electron chi connectivity index (χ2n) is 6.76. The van der Waals surface area contributed by atoms with Crippen LogP contribution in [0.2, 0.25) is 0 Å². The zero-order valence-electron chi connectivity index (χ0n) is 16.3. The number of hydrogen-bond acceptors (Lipinski definition) is 3. The summed E-state index contributed by atoms with van der Waals surface area (Å²) >= 11 is 0. The molecule has 0 saturated carbocycles. The number of hydrogen-bond donors (Lipinski definition) is 2. The van der Waals surface area contributed by atoms with E-state index in [-0.39, 0.29) is 6.03 Å². The molecule has 4 aromatic rings. The van der Waals surface area contributed by atoms with Crippen LogP contribution in [0, 0.1) is 6.92 Å². The standard InChI is InChI=1S/C23H22N4O2/c1-16-9-11-18(12-10-16)21-22(27-13-4-3-8-20(27)25-21)26-23(28)24-15-17-6-5-7-19(14-17)29-2/h3-14H,15H2,1-2H3,(H2,24,26,28). The fourth-order valence-electron chi connectivity index (χ4n) is 3.14. The van der Waals surface area contributed by atoms with Crippen LogP contribution in [0.1, 0.15) is 11.1 Å². The number of fused-ring (bicyclic) bond motifs is 1. The first-order valence-electron chi connectivity index (χ1n) is 9.36. The maximum absolute atomic E-state index is 12.6. The second-order valence-corrected chi connectivity index (χ2v) is 6.76. The highest BCUT2D eigenvalue weighted by atomic mass is 16.5. The fourth-order valence-corrected chi connectivity index (χ4v) is 3.14. The molecule has 6 nitrogen and oxygen atoms in total. The van der Waals surface area contributed by atoms with Crippen molar-refractivity contribution in [2.24, 2.45) is 0 Å². The molecule has 2 amide bonds. The zero-order chi connectivity index (χ0) is 20.2. The Hall–Kier alpha value is -3.80. The van der Waals surface area contributed by atoms with Crippen LogP contribution in [-0.4, -0.2) is 22.5 Å². The Bertz CT molecular complexity index is 1150. The van der Waals surface area contributed by atoms with Gasteiger partial charge < -0.3 is 10.1 Å². The summed E-state index contributed by atoms with van der Waals surface area (Å²) in [7, 11) is 1.62. The van der Waals surface area contributed by atoms with Gasteiger partial charge in [0, 0.05) is 18.3 Å². The minimum atomic E-state index is -0.299. The molecule has 0 aliphatic heterocycles. The summed E-state index contributed by atoms with van der Waals surface area (Å²) in [4.78, 5) is 17.3. The van der Waals surface area contributed by atoms with Crippen LogP contribution in [-0.2, 0) is 6.54 Å². The van der Waals surface area contributed by atoms with Crippen molar-refractivity contribution in [2.45, 2.75) is 13.5 Å². The fraction of sp³-hybridized carbons (Fsp3) is 0.130. The number of nitrogens with one attached hydrogen (secondary N) is 2.